The van der Waals surface area contributed by atoms with Gasteiger partial charge in [-0.1, -0.05) is 31.2 Å². The summed E-state index contributed by atoms with van der Waals surface area (Å²) in [7, 11) is 0. The molecule has 98 valence electrons. The summed E-state index contributed by atoms with van der Waals surface area (Å²) in [6.45, 7) is 2.19. The topological polar surface area (TPSA) is 49.3 Å². The molecule has 0 heterocycles. The third-order valence-electron chi connectivity index (χ3n) is 3.63. The van der Waals surface area contributed by atoms with E-state index in [4.69, 9.17) is 5.11 Å². The van der Waals surface area contributed by atoms with Gasteiger partial charge in [-0.3, -0.25) is 4.79 Å². The fraction of sp³-hybridized carbons (Fsp3) is 0.533. The van der Waals surface area contributed by atoms with Gasteiger partial charge in [-0.05, 0) is 36.8 Å². The second-order valence-corrected chi connectivity index (χ2v) is 5.16. The molecular formula is C15H21NO2. The van der Waals surface area contributed by atoms with Crippen LogP contribution in [0.2, 0.25) is 0 Å². The molecule has 0 saturated heterocycles. The number of hydrogen-bond acceptors (Lipinski definition) is 2. The summed E-state index contributed by atoms with van der Waals surface area (Å²) in [6.07, 6.45) is 4.10. The highest BCUT2D eigenvalue weighted by Crippen LogP contribution is 2.34. The average Bonchev–Trinajstić information content (AvgIpc) is 3.17. The van der Waals surface area contributed by atoms with E-state index in [1.165, 1.54) is 11.1 Å². The SMILES string of the molecule is CCc1ccc(CCC(=O)NC2(CO)CC2)cc1. The number of carbonyl (C=O) groups excluding carboxylic acids is 1. The Morgan fingerprint density at radius 3 is 2.39 bits per heavy atom. The molecule has 0 aliphatic heterocycles. The number of benzene rings is 1. The van der Waals surface area contributed by atoms with Crippen molar-refractivity contribution in [2.45, 2.75) is 44.6 Å². The highest BCUT2D eigenvalue weighted by atomic mass is 16.3. The van der Waals surface area contributed by atoms with Gasteiger partial charge in [-0.2, -0.15) is 0 Å². The summed E-state index contributed by atoms with van der Waals surface area (Å²) < 4.78 is 0. The molecule has 1 saturated carbocycles. The Bertz CT molecular complexity index is 407. The molecule has 18 heavy (non-hydrogen) atoms. The average molecular weight is 247 g/mol. The highest BCUT2D eigenvalue weighted by molar-refractivity contribution is 5.77. The fourth-order valence-electron chi connectivity index (χ4n) is 2.03. The minimum atomic E-state index is -0.289. The number of aliphatic hydroxyl groups is 1. The zero-order chi connectivity index (χ0) is 13.0. The maximum Gasteiger partial charge on any atom is 0.220 e. The Kier molecular flexibility index (Phi) is 4.02. The van der Waals surface area contributed by atoms with Crippen molar-refractivity contribution in [3.8, 4) is 0 Å². The molecule has 1 amide bonds. The van der Waals surface area contributed by atoms with E-state index in [-0.39, 0.29) is 18.1 Å². The first-order valence-electron chi connectivity index (χ1n) is 6.67. The molecule has 2 N–H and O–H groups in total. The Morgan fingerprint density at radius 1 is 1.28 bits per heavy atom. The van der Waals surface area contributed by atoms with Gasteiger partial charge in [-0.25, -0.2) is 0 Å². The molecule has 1 aliphatic rings. The summed E-state index contributed by atoms with van der Waals surface area (Å²) in [5.41, 5.74) is 2.22. The van der Waals surface area contributed by atoms with Crippen molar-refractivity contribution < 1.29 is 9.90 Å². The molecular weight excluding hydrogens is 226 g/mol. The summed E-state index contributed by atoms with van der Waals surface area (Å²) in [5.74, 6) is 0.0427. The van der Waals surface area contributed by atoms with Crippen molar-refractivity contribution >= 4 is 5.91 Å². The third-order valence-corrected chi connectivity index (χ3v) is 3.63. The molecule has 0 atom stereocenters. The number of hydrogen-bond donors (Lipinski definition) is 2. The van der Waals surface area contributed by atoms with Crippen molar-refractivity contribution in [1.29, 1.82) is 0 Å². The molecule has 3 nitrogen and oxygen atoms in total. The quantitative estimate of drug-likeness (QED) is 0.805. The lowest BCUT2D eigenvalue weighted by Gasteiger charge is -2.14. The van der Waals surface area contributed by atoms with Crippen LogP contribution in [0.4, 0.5) is 0 Å². The first-order valence-corrected chi connectivity index (χ1v) is 6.67. The van der Waals surface area contributed by atoms with Gasteiger partial charge >= 0.3 is 0 Å². The molecule has 1 aromatic rings. The van der Waals surface area contributed by atoms with Crippen molar-refractivity contribution in [2.24, 2.45) is 0 Å². The molecule has 0 radical (unpaired) electrons. The molecule has 1 fully saturated rings. The van der Waals surface area contributed by atoms with E-state index in [9.17, 15) is 4.79 Å². The molecule has 0 spiro atoms. The Balaban J connectivity index is 1.78. The molecule has 1 aliphatic carbocycles. The maximum atomic E-state index is 11.7. The lowest BCUT2D eigenvalue weighted by atomic mass is 10.1. The van der Waals surface area contributed by atoms with Crippen molar-refractivity contribution in [3.63, 3.8) is 0 Å². The zero-order valence-electron chi connectivity index (χ0n) is 10.9. The summed E-state index contributed by atoms with van der Waals surface area (Å²) >= 11 is 0. The smallest absolute Gasteiger partial charge is 0.220 e. The van der Waals surface area contributed by atoms with Crippen LogP contribution in [0, 0.1) is 0 Å². The van der Waals surface area contributed by atoms with E-state index < -0.39 is 0 Å². The molecule has 0 aromatic heterocycles. The van der Waals surface area contributed by atoms with Gasteiger partial charge in [0, 0.05) is 6.42 Å². The minimum absolute atomic E-state index is 0.0427. The van der Waals surface area contributed by atoms with E-state index >= 15 is 0 Å². The van der Waals surface area contributed by atoms with Crippen LogP contribution < -0.4 is 5.32 Å². The van der Waals surface area contributed by atoms with Gasteiger partial charge in [0.05, 0.1) is 12.1 Å². The monoisotopic (exact) mass is 247 g/mol. The molecule has 1 aromatic carbocycles. The molecule has 2 rings (SSSR count). The van der Waals surface area contributed by atoms with Gasteiger partial charge in [-0.15, -0.1) is 0 Å². The fourth-order valence-corrected chi connectivity index (χ4v) is 2.03. The Hall–Kier alpha value is -1.35. The molecule has 3 heteroatoms. The first-order chi connectivity index (χ1) is 8.67. The van der Waals surface area contributed by atoms with E-state index in [0.717, 1.165) is 25.7 Å². The molecule has 0 bridgehead atoms. The zero-order valence-corrected chi connectivity index (χ0v) is 10.9. The van der Waals surface area contributed by atoms with E-state index in [1.807, 2.05) is 0 Å². The number of aryl methyl sites for hydroxylation is 2. The number of rotatable bonds is 6. The maximum absolute atomic E-state index is 11.7. The summed E-state index contributed by atoms with van der Waals surface area (Å²) in [4.78, 5) is 11.7. The van der Waals surface area contributed by atoms with Crippen LogP contribution in [-0.4, -0.2) is 23.2 Å². The van der Waals surface area contributed by atoms with Crippen molar-refractivity contribution in [3.05, 3.63) is 35.4 Å². The largest absolute Gasteiger partial charge is 0.394 e. The lowest BCUT2D eigenvalue weighted by Crippen LogP contribution is -2.39. The second kappa shape index (κ2) is 5.53. The van der Waals surface area contributed by atoms with Crippen LogP contribution in [0.5, 0.6) is 0 Å². The number of aliphatic hydroxyl groups excluding tert-OH is 1. The Morgan fingerprint density at radius 2 is 1.89 bits per heavy atom. The van der Waals surface area contributed by atoms with Gasteiger partial charge in [0.15, 0.2) is 0 Å². The van der Waals surface area contributed by atoms with E-state index in [2.05, 4.69) is 36.5 Å². The van der Waals surface area contributed by atoms with E-state index in [1.54, 1.807) is 0 Å². The number of carbonyl (C=O) groups is 1. The standard InChI is InChI=1S/C15H21NO2/c1-2-12-3-5-13(6-4-12)7-8-14(18)16-15(11-17)9-10-15/h3-6,17H,2,7-11H2,1H3,(H,16,18). The van der Waals surface area contributed by atoms with Crippen LogP contribution >= 0.6 is 0 Å². The summed E-state index contributed by atoms with van der Waals surface area (Å²) in [6, 6.07) is 8.41. The number of amides is 1. The highest BCUT2D eigenvalue weighted by Gasteiger charge is 2.43. The van der Waals surface area contributed by atoms with Gasteiger partial charge in [0.25, 0.3) is 0 Å². The lowest BCUT2D eigenvalue weighted by molar-refractivity contribution is -0.122. The Labute approximate surface area is 108 Å². The van der Waals surface area contributed by atoms with Crippen LogP contribution in [0.3, 0.4) is 0 Å². The predicted octanol–water partition coefficient (Wildman–Crippen LogP) is 1.82. The van der Waals surface area contributed by atoms with Crippen LogP contribution in [0.25, 0.3) is 0 Å². The predicted molar refractivity (Wildman–Crippen MR) is 71.3 cm³/mol. The third kappa shape index (κ3) is 3.33. The van der Waals surface area contributed by atoms with Crippen molar-refractivity contribution in [2.75, 3.05) is 6.61 Å². The van der Waals surface area contributed by atoms with Gasteiger partial charge in [0.1, 0.15) is 0 Å². The normalized spacial score (nSPS) is 16.3. The van der Waals surface area contributed by atoms with E-state index in [0.29, 0.717) is 6.42 Å². The van der Waals surface area contributed by atoms with Gasteiger partial charge < -0.3 is 10.4 Å². The van der Waals surface area contributed by atoms with Gasteiger partial charge in [0.2, 0.25) is 5.91 Å². The number of nitrogens with one attached hydrogen (secondary N) is 1. The van der Waals surface area contributed by atoms with Crippen molar-refractivity contribution in [1.82, 2.24) is 5.32 Å². The first kappa shape index (κ1) is 13.1. The van der Waals surface area contributed by atoms with Crippen LogP contribution in [0.15, 0.2) is 24.3 Å². The molecule has 0 unspecified atom stereocenters. The van der Waals surface area contributed by atoms with Crippen LogP contribution in [-0.2, 0) is 17.6 Å². The summed E-state index contributed by atoms with van der Waals surface area (Å²) in [5, 5.41) is 12.1. The second-order valence-electron chi connectivity index (χ2n) is 5.16. The van der Waals surface area contributed by atoms with Crippen LogP contribution in [0.1, 0.15) is 37.3 Å². The minimum Gasteiger partial charge on any atom is -0.394 e.